The zero-order valence-electron chi connectivity index (χ0n) is 20.0. The number of nitrogens with two attached hydrogens (primary N) is 1. The van der Waals surface area contributed by atoms with Gasteiger partial charge in [0, 0.05) is 44.4 Å². The smallest absolute Gasteiger partial charge is 0.255 e. The van der Waals surface area contributed by atoms with Gasteiger partial charge < -0.3 is 35.8 Å². The summed E-state index contributed by atoms with van der Waals surface area (Å²) < 4.78 is 5.38. The van der Waals surface area contributed by atoms with Gasteiger partial charge in [-0.05, 0) is 36.5 Å². The summed E-state index contributed by atoms with van der Waals surface area (Å²) in [7, 11) is 3.63. The number of primary amides is 1. The number of anilines is 1. The predicted octanol–water partition coefficient (Wildman–Crippen LogP) is -0.199. The molecule has 1 saturated heterocycles. The van der Waals surface area contributed by atoms with Gasteiger partial charge in [-0.15, -0.1) is 0 Å². The number of carbonyl (C=O) groups is 3. The minimum Gasteiger partial charge on any atom is -0.508 e. The molecule has 0 bridgehead atoms. The lowest BCUT2D eigenvalue weighted by Crippen LogP contribution is -2.67. The van der Waals surface area contributed by atoms with E-state index in [1.54, 1.807) is 11.0 Å². The number of ketones is 2. The van der Waals surface area contributed by atoms with Gasteiger partial charge in [0.25, 0.3) is 5.91 Å². The van der Waals surface area contributed by atoms with Crippen LogP contribution in [0.1, 0.15) is 17.5 Å². The van der Waals surface area contributed by atoms with E-state index in [9.17, 15) is 34.8 Å². The number of Topliss-reactive ketones (excluding diaryl/α,β-unsaturated/α-hetero) is 2. The lowest BCUT2D eigenvalue weighted by molar-refractivity contribution is -0.157. The number of hydrogen-bond acceptors (Lipinski definition) is 10. The van der Waals surface area contributed by atoms with Gasteiger partial charge in [0.05, 0.1) is 24.8 Å². The van der Waals surface area contributed by atoms with Crippen molar-refractivity contribution in [3.8, 4) is 5.75 Å². The standard InChI is InChI=1S/C25H29N3O8/c1-27(2)14-3-4-15(29)17-12(14)9-11-10-13-19(28-5-7-36-8-6-28)21(31)18(24(26)34)23(33)25(13,35)22(32)16(11)20(17)30/h3-4,11,13,19,29-30,33,35H,5-10H2,1-2H3,(H2,26,34). The van der Waals surface area contributed by atoms with Crippen molar-refractivity contribution in [2.45, 2.75) is 24.5 Å². The van der Waals surface area contributed by atoms with Gasteiger partial charge in [-0.25, -0.2) is 0 Å². The predicted molar refractivity (Wildman–Crippen MR) is 127 cm³/mol. The van der Waals surface area contributed by atoms with Crippen LogP contribution in [0.5, 0.6) is 5.75 Å². The first-order chi connectivity index (χ1) is 17.0. The number of phenols is 1. The number of aromatic hydroxyl groups is 1. The number of nitrogens with zero attached hydrogens (tertiary/aromatic N) is 2. The Labute approximate surface area is 207 Å². The van der Waals surface area contributed by atoms with E-state index < -0.39 is 58.0 Å². The molecule has 1 aromatic rings. The summed E-state index contributed by atoms with van der Waals surface area (Å²) >= 11 is 0. The minimum atomic E-state index is -2.65. The van der Waals surface area contributed by atoms with Crippen LogP contribution in [0, 0.1) is 11.8 Å². The maximum Gasteiger partial charge on any atom is 0.255 e. The summed E-state index contributed by atoms with van der Waals surface area (Å²) in [6, 6.07) is 2.03. The van der Waals surface area contributed by atoms with E-state index in [1.165, 1.54) is 6.07 Å². The molecule has 3 aliphatic carbocycles. The average molecular weight is 500 g/mol. The van der Waals surface area contributed by atoms with E-state index in [2.05, 4.69) is 0 Å². The number of aliphatic hydroxyl groups is 3. The quantitative estimate of drug-likeness (QED) is 0.350. The van der Waals surface area contributed by atoms with Crippen molar-refractivity contribution in [3.63, 3.8) is 0 Å². The normalized spacial score (nSPS) is 30.6. The van der Waals surface area contributed by atoms with Gasteiger partial charge in [0.15, 0.2) is 11.4 Å². The fraction of sp³-hybridized carbons (Fsp3) is 0.480. The molecule has 6 N–H and O–H groups in total. The zero-order valence-corrected chi connectivity index (χ0v) is 20.0. The Hall–Kier alpha value is -3.41. The summed E-state index contributed by atoms with van der Waals surface area (Å²) in [5.74, 6) is -6.52. The number of morpholine rings is 1. The molecule has 4 atom stereocenters. The van der Waals surface area contributed by atoms with Gasteiger partial charge in [-0.1, -0.05) is 0 Å². The molecular formula is C25H29N3O8. The number of aliphatic hydroxyl groups excluding tert-OH is 2. The molecule has 11 heteroatoms. The van der Waals surface area contributed by atoms with Crippen molar-refractivity contribution in [1.82, 2.24) is 4.90 Å². The third kappa shape index (κ3) is 3.19. The molecule has 1 aromatic carbocycles. The first-order valence-corrected chi connectivity index (χ1v) is 11.8. The monoisotopic (exact) mass is 499 g/mol. The molecule has 5 rings (SSSR count). The molecule has 1 saturated carbocycles. The SMILES string of the molecule is CN(C)c1ccc(O)c2c1CC1CC3C(N4CCOCC4)C(=O)C(C(N)=O)=C(O)C3(O)C(=O)C1=C2O. The van der Waals surface area contributed by atoms with Crippen molar-refractivity contribution in [2.75, 3.05) is 45.3 Å². The Morgan fingerprint density at radius 3 is 2.44 bits per heavy atom. The molecule has 4 aliphatic rings. The van der Waals surface area contributed by atoms with Crippen LogP contribution < -0.4 is 10.6 Å². The zero-order chi connectivity index (χ0) is 26.1. The van der Waals surface area contributed by atoms with E-state index in [4.69, 9.17) is 10.5 Å². The molecular weight excluding hydrogens is 470 g/mol. The van der Waals surface area contributed by atoms with Crippen LogP contribution in [0.15, 0.2) is 29.0 Å². The van der Waals surface area contributed by atoms with E-state index in [-0.39, 0.29) is 29.7 Å². The highest BCUT2D eigenvalue weighted by Crippen LogP contribution is 2.53. The third-order valence-corrected chi connectivity index (χ3v) is 7.94. The van der Waals surface area contributed by atoms with Crippen molar-refractivity contribution in [1.29, 1.82) is 0 Å². The van der Waals surface area contributed by atoms with Crippen LogP contribution in [0.4, 0.5) is 5.69 Å². The van der Waals surface area contributed by atoms with Crippen LogP contribution in [0.2, 0.25) is 0 Å². The molecule has 4 unspecified atom stereocenters. The van der Waals surface area contributed by atoms with Gasteiger partial charge in [0.2, 0.25) is 5.78 Å². The second-order valence-electron chi connectivity index (χ2n) is 10.00. The summed E-state index contributed by atoms with van der Waals surface area (Å²) in [4.78, 5) is 43.2. The lowest BCUT2D eigenvalue weighted by Gasteiger charge is -2.51. The van der Waals surface area contributed by atoms with Crippen LogP contribution in [0.25, 0.3) is 5.76 Å². The van der Waals surface area contributed by atoms with E-state index >= 15 is 0 Å². The first-order valence-electron chi connectivity index (χ1n) is 11.8. The van der Waals surface area contributed by atoms with Gasteiger partial charge in [-0.2, -0.15) is 0 Å². The second kappa shape index (κ2) is 8.32. The molecule has 11 nitrogen and oxygen atoms in total. The number of ether oxygens (including phenoxy) is 1. The van der Waals surface area contributed by atoms with Crippen LogP contribution in [0.3, 0.4) is 0 Å². The van der Waals surface area contributed by atoms with Gasteiger partial charge in [-0.3, -0.25) is 19.3 Å². The Morgan fingerprint density at radius 2 is 1.83 bits per heavy atom. The minimum absolute atomic E-state index is 0.0630. The summed E-state index contributed by atoms with van der Waals surface area (Å²) in [5, 5.41) is 44.6. The maximum absolute atomic E-state index is 13.9. The largest absolute Gasteiger partial charge is 0.508 e. The second-order valence-corrected chi connectivity index (χ2v) is 10.00. The van der Waals surface area contributed by atoms with E-state index in [1.807, 2.05) is 19.0 Å². The lowest BCUT2D eigenvalue weighted by atomic mass is 9.57. The van der Waals surface area contributed by atoms with Crippen molar-refractivity contribution >= 4 is 28.9 Å². The fourth-order valence-electron chi connectivity index (χ4n) is 6.33. The van der Waals surface area contributed by atoms with Gasteiger partial charge >= 0.3 is 0 Å². The first kappa shape index (κ1) is 24.3. The highest BCUT2D eigenvalue weighted by atomic mass is 16.5. The highest BCUT2D eigenvalue weighted by Gasteiger charge is 2.64. The Bertz CT molecular complexity index is 1250. The van der Waals surface area contributed by atoms with E-state index in [0.717, 1.165) is 5.69 Å². The maximum atomic E-state index is 13.9. The van der Waals surface area contributed by atoms with Crippen LogP contribution in [-0.2, 0) is 25.5 Å². The van der Waals surface area contributed by atoms with Crippen molar-refractivity contribution < 1.29 is 39.5 Å². The molecule has 1 heterocycles. The molecule has 2 fully saturated rings. The highest BCUT2D eigenvalue weighted by molar-refractivity contribution is 6.24. The topological polar surface area (TPSA) is 174 Å². The number of hydrogen-bond donors (Lipinski definition) is 5. The van der Waals surface area contributed by atoms with Crippen LogP contribution in [-0.4, -0.2) is 94.8 Å². The summed E-state index contributed by atoms with van der Waals surface area (Å²) in [6.07, 6.45) is 0.319. The molecule has 1 aliphatic heterocycles. The Kier molecular flexibility index (Phi) is 5.62. The Morgan fingerprint density at radius 1 is 1.17 bits per heavy atom. The number of carbonyl (C=O) groups excluding carboxylic acids is 3. The van der Waals surface area contributed by atoms with Crippen molar-refractivity contribution in [3.05, 3.63) is 40.2 Å². The fourth-order valence-corrected chi connectivity index (χ4v) is 6.33. The third-order valence-electron chi connectivity index (χ3n) is 7.94. The average Bonchev–Trinajstić information content (AvgIpc) is 2.82. The number of amides is 1. The number of benzene rings is 1. The molecule has 36 heavy (non-hydrogen) atoms. The van der Waals surface area contributed by atoms with E-state index in [0.29, 0.717) is 31.9 Å². The molecule has 1 amide bonds. The van der Waals surface area contributed by atoms with Gasteiger partial charge in [0.1, 0.15) is 22.8 Å². The number of phenolic OH excluding ortho intramolecular Hbond substituents is 1. The summed E-state index contributed by atoms with van der Waals surface area (Å²) in [5.41, 5.74) is 3.25. The molecule has 0 spiro atoms. The Balaban J connectivity index is 1.72. The molecule has 0 radical (unpaired) electrons. The van der Waals surface area contributed by atoms with Crippen molar-refractivity contribution in [2.24, 2.45) is 17.6 Å². The number of rotatable bonds is 3. The summed E-state index contributed by atoms with van der Waals surface area (Å²) in [6.45, 7) is 1.28. The molecule has 0 aromatic heterocycles. The molecule has 192 valence electrons. The number of fused-ring (bicyclic) bond motifs is 3. The van der Waals surface area contributed by atoms with Crippen LogP contribution >= 0.6 is 0 Å².